The highest BCUT2D eigenvalue weighted by Gasteiger charge is 2.12. The molecule has 0 aliphatic heterocycles. The first-order valence-corrected chi connectivity index (χ1v) is 6.41. The third-order valence-corrected chi connectivity index (χ3v) is 3.27. The lowest BCUT2D eigenvalue weighted by atomic mass is 10.2. The number of nitrogens with zero attached hydrogens (tertiary/aromatic N) is 3. The molecule has 0 saturated carbocycles. The number of aliphatic hydroxyl groups excluding tert-OH is 1. The Bertz CT molecular complexity index is 577. The lowest BCUT2D eigenvalue weighted by Crippen LogP contribution is -2.29. The third-order valence-electron chi connectivity index (χ3n) is 3.27. The van der Waals surface area contributed by atoms with Crippen LogP contribution in [-0.2, 0) is 11.2 Å². The second-order valence-electron chi connectivity index (χ2n) is 4.61. The van der Waals surface area contributed by atoms with Gasteiger partial charge in [-0.1, -0.05) is 6.07 Å². The number of hydrogen-bond donors (Lipinski definition) is 1. The second-order valence-corrected chi connectivity index (χ2v) is 4.61. The Hall–Kier alpha value is -1.88. The van der Waals surface area contributed by atoms with Crippen molar-refractivity contribution in [1.29, 1.82) is 0 Å². The molecule has 0 unspecified atom stereocenters. The molecule has 0 aliphatic rings. The number of aryl methyl sites for hydroxylation is 2. The fourth-order valence-corrected chi connectivity index (χ4v) is 2.16. The highest BCUT2D eigenvalue weighted by molar-refractivity contribution is 5.76. The van der Waals surface area contributed by atoms with E-state index >= 15 is 0 Å². The molecule has 0 bridgehead atoms. The van der Waals surface area contributed by atoms with Gasteiger partial charge in [0.15, 0.2) is 0 Å². The van der Waals surface area contributed by atoms with E-state index < -0.39 is 0 Å². The van der Waals surface area contributed by atoms with E-state index in [0.717, 1.165) is 17.0 Å². The SMILES string of the molecule is Cc1nc2ccccn2c1CCC(=O)N(C)CCO. The molecule has 2 aromatic heterocycles. The van der Waals surface area contributed by atoms with Gasteiger partial charge < -0.3 is 14.4 Å². The maximum absolute atomic E-state index is 11.9. The Morgan fingerprint density at radius 2 is 2.26 bits per heavy atom. The number of rotatable bonds is 5. The summed E-state index contributed by atoms with van der Waals surface area (Å²) >= 11 is 0. The minimum absolute atomic E-state index is 0.00309. The lowest BCUT2D eigenvalue weighted by Gasteiger charge is -2.15. The van der Waals surface area contributed by atoms with E-state index in [1.165, 1.54) is 0 Å². The smallest absolute Gasteiger partial charge is 0.222 e. The van der Waals surface area contributed by atoms with Crippen molar-refractivity contribution in [2.24, 2.45) is 0 Å². The first-order chi connectivity index (χ1) is 9.13. The minimum Gasteiger partial charge on any atom is -0.395 e. The normalized spacial score (nSPS) is 10.9. The summed E-state index contributed by atoms with van der Waals surface area (Å²) in [6.07, 6.45) is 3.05. The number of aromatic nitrogens is 2. The highest BCUT2D eigenvalue weighted by atomic mass is 16.3. The van der Waals surface area contributed by atoms with Crippen molar-refractivity contribution in [3.63, 3.8) is 0 Å². The number of amides is 1. The van der Waals surface area contributed by atoms with E-state index in [2.05, 4.69) is 4.98 Å². The molecular formula is C14H19N3O2. The van der Waals surface area contributed by atoms with Crippen LogP contribution in [0.2, 0.25) is 0 Å². The number of hydrogen-bond acceptors (Lipinski definition) is 3. The predicted molar refractivity (Wildman–Crippen MR) is 73.0 cm³/mol. The van der Waals surface area contributed by atoms with Crippen molar-refractivity contribution < 1.29 is 9.90 Å². The van der Waals surface area contributed by atoms with Crippen molar-refractivity contribution in [1.82, 2.24) is 14.3 Å². The molecule has 0 radical (unpaired) electrons. The van der Waals surface area contributed by atoms with E-state index in [0.29, 0.717) is 19.4 Å². The third kappa shape index (κ3) is 2.93. The minimum atomic E-state index is -0.00309. The highest BCUT2D eigenvalue weighted by Crippen LogP contribution is 2.13. The summed E-state index contributed by atoms with van der Waals surface area (Å²) < 4.78 is 2.02. The van der Waals surface area contributed by atoms with Crippen LogP contribution < -0.4 is 0 Å². The summed E-state index contributed by atoms with van der Waals surface area (Å²) in [5.74, 6) is 0.0410. The molecule has 0 aliphatic carbocycles. The quantitative estimate of drug-likeness (QED) is 0.874. The summed E-state index contributed by atoms with van der Waals surface area (Å²) in [5.41, 5.74) is 2.94. The maximum Gasteiger partial charge on any atom is 0.222 e. The van der Waals surface area contributed by atoms with Crippen LogP contribution in [0, 0.1) is 6.92 Å². The Morgan fingerprint density at radius 1 is 1.47 bits per heavy atom. The zero-order valence-electron chi connectivity index (χ0n) is 11.3. The summed E-state index contributed by atoms with van der Waals surface area (Å²) in [6, 6.07) is 5.86. The fraction of sp³-hybridized carbons (Fsp3) is 0.429. The van der Waals surface area contributed by atoms with E-state index in [-0.39, 0.29) is 12.5 Å². The van der Waals surface area contributed by atoms with Crippen LogP contribution in [0.25, 0.3) is 5.65 Å². The van der Waals surface area contributed by atoms with Gasteiger partial charge in [-0.05, 0) is 25.5 Å². The van der Waals surface area contributed by atoms with Crippen LogP contribution in [0.15, 0.2) is 24.4 Å². The molecule has 5 nitrogen and oxygen atoms in total. The van der Waals surface area contributed by atoms with Crippen molar-refractivity contribution in [2.75, 3.05) is 20.2 Å². The molecular weight excluding hydrogens is 242 g/mol. The number of imidazole rings is 1. The monoisotopic (exact) mass is 261 g/mol. The van der Waals surface area contributed by atoms with Crippen LogP contribution in [0.1, 0.15) is 17.8 Å². The predicted octanol–water partition coefficient (Wildman–Crippen LogP) is 1.03. The standard InChI is InChI=1S/C14H19N3O2/c1-11-12(6-7-14(19)16(2)9-10-18)17-8-4-3-5-13(17)15-11/h3-5,8,18H,6-7,9-10H2,1-2H3. The molecule has 19 heavy (non-hydrogen) atoms. The van der Waals surface area contributed by atoms with Crippen molar-refractivity contribution in [2.45, 2.75) is 19.8 Å². The molecule has 0 fully saturated rings. The summed E-state index contributed by atoms with van der Waals surface area (Å²) in [4.78, 5) is 17.9. The first-order valence-electron chi connectivity index (χ1n) is 6.41. The Morgan fingerprint density at radius 3 is 3.00 bits per heavy atom. The van der Waals surface area contributed by atoms with Gasteiger partial charge in [0.2, 0.25) is 5.91 Å². The summed E-state index contributed by atoms with van der Waals surface area (Å²) in [5, 5.41) is 8.82. The van der Waals surface area contributed by atoms with E-state index in [9.17, 15) is 4.79 Å². The van der Waals surface area contributed by atoms with Crippen LogP contribution in [0.4, 0.5) is 0 Å². The largest absolute Gasteiger partial charge is 0.395 e. The van der Waals surface area contributed by atoms with Gasteiger partial charge in [-0.15, -0.1) is 0 Å². The topological polar surface area (TPSA) is 57.8 Å². The molecule has 2 aromatic rings. The molecule has 102 valence electrons. The van der Waals surface area contributed by atoms with Gasteiger partial charge in [-0.2, -0.15) is 0 Å². The zero-order valence-corrected chi connectivity index (χ0v) is 11.3. The molecule has 1 amide bonds. The zero-order chi connectivity index (χ0) is 13.8. The number of aliphatic hydroxyl groups is 1. The average Bonchev–Trinajstić information content (AvgIpc) is 2.72. The molecule has 1 N–H and O–H groups in total. The van der Waals surface area contributed by atoms with Crippen LogP contribution in [-0.4, -0.2) is 45.5 Å². The Kier molecular flexibility index (Phi) is 4.16. The van der Waals surface area contributed by atoms with Crippen molar-refractivity contribution in [3.8, 4) is 0 Å². The van der Waals surface area contributed by atoms with Gasteiger partial charge in [0.05, 0.1) is 12.3 Å². The van der Waals surface area contributed by atoms with Crippen LogP contribution >= 0.6 is 0 Å². The Labute approximate surface area is 112 Å². The molecule has 0 saturated heterocycles. The van der Waals surface area contributed by atoms with Gasteiger partial charge in [0.25, 0.3) is 0 Å². The number of carbonyl (C=O) groups excluding carboxylic acids is 1. The Balaban J connectivity index is 2.09. The van der Waals surface area contributed by atoms with E-state index in [1.807, 2.05) is 35.7 Å². The summed E-state index contributed by atoms with van der Waals surface area (Å²) in [7, 11) is 1.71. The second kappa shape index (κ2) is 5.84. The van der Waals surface area contributed by atoms with Crippen LogP contribution in [0.5, 0.6) is 0 Å². The van der Waals surface area contributed by atoms with Crippen LogP contribution in [0.3, 0.4) is 0 Å². The summed E-state index contributed by atoms with van der Waals surface area (Å²) in [6.45, 7) is 2.34. The maximum atomic E-state index is 11.9. The number of likely N-dealkylation sites (N-methyl/N-ethyl adjacent to an activating group) is 1. The molecule has 0 spiro atoms. The van der Waals surface area contributed by atoms with Gasteiger partial charge in [0, 0.05) is 31.9 Å². The fourth-order valence-electron chi connectivity index (χ4n) is 2.16. The number of carbonyl (C=O) groups is 1. The first kappa shape index (κ1) is 13.5. The van der Waals surface area contributed by atoms with E-state index in [1.54, 1.807) is 11.9 Å². The molecule has 0 aromatic carbocycles. The molecule has 5 heteroatoms. The van der Waals surface area contributed by atoms with Crippen molar-refractivity contribution in [3.05, 3.63) is 35.8 Å². The molecule has 2 rings (SSSR count). The number of pyridine rings is 1. The van der Waals surface area contributed by atoms with E-state index in [4.69, 9.17) is 5.11 Å². The average molecular weight is 261 g/mol. The van der Waals surface area contributed by atoms with Crippen molar-refractivity contribution >= 4 is 11.6 Å². The lowest BCUT2D eigenvalue weighted by molar-refractivity contribution is -0.130. The molecule has 2 heterocycles. The molecule has 0 atom stereocenters. The van der Waals surface area contributed by atoms with Gasteiger partial charge >= 0.3 is 0 Å². The number of fused-ring (bicyclic) bond motifs is 1. The van der Waals surface area contributed by atoms with Gasteiger partial charge in [-0.25, -0.2) is 4.98 Å². The van der Waals surface area contributed by atoms with Gasteiger partial charge in [-0.3, -0.25) is 4.79 Å². The van der Waals surface area contributed by atoms with Gasteiger partial charge in [0.1, 0.15) is 5.65 Å².